The number of aryl methyl sites for hydroxylation is 3. The summed E-state index contributed by atoms with van der Waals surface area (Å²) < 4.78 is 1.68. The summed E-state index contributed by atoms with van der Waals surface area (Å²) in [5.74, 6) is -0.0461. The minimum Gasteiger partial charge on any atom is -0.364 e. The van der Waals surface area contributed by atoms with Gasteiger partial charge in [-0.1, -0.05) is 17.6 Å². The van der Waals surface area contributed by atoms with Gasteiger partial charge in [-0.05, 0) is 43.4 Å². The standard InChI is InChI=1S/C19H19BN6O/c1-10-6-7-12(20)8-14(10)23-19-22-9-11-4-3-5-13-16(18(21)27)25-26(2)17(13)15(11)24-19/h6-9H,3-5H2,1-2H3,(H2,21,27)(H,22,23,24). The molecular weight excluding hydrogens is 339 g/mol. The van der Waals surface area contributed by atoms with Crippen LogP contribution < -0.4 is 16.5 Å². The minimum atomic E-state index is -0.516. The largest absolute Gasteiger partial charge is 0.364 e. The molecule has 3 N–H and O–H groups in total. The minimum absolute atomic E-state index is 0.320. The van der Waals surface area contributed by atoms with Crippen molar-refractivity contribution in [2.45, 2.75) is 26.2 Å². The highest BCUT2D eigenvalue weighted by Crippen LogP contribution is 2.33. The third-order valence-corrected chi connectivity index (χ3v) is 4.85. The Morgan fingerprint density at radius 1 is 1.33 bits per heavy atom. The van der Waals surface area contributed by atoms with Gasteiger partial charge in [0.1, 0.15) is 7.85 Å². The van der Waals surface area contributed by atoms with Crippen molar-refractivity contribution in [3.8, 4) is 11.4 Å². The van der Waals surface area contributed by atoms with E-state index in [1.54, 1.807) is 11.7 Å². The molecule has 2 radical (unpaired) electrons. The van der Waals surface area contributed by atoms with Crippen LogP contribution in [0.15, 0.2) is 24.4 Å². The average molecular weight is 358 g/mol. The molecule has 7 nitrogen and oxygen atoms in total. The number of fused-ring (bicyclic) bond motifs is 3. The molecule has 2 aromatic heterocycles. The summed E-state index contributed by atoms with van der Waals surface area (Å²) in [5.41, 5.74) is 11.9. The predicted molar refractivity (Wildman–Crippen MR) is 105 cm³/mol. The van der Waals surface area contributed by atoms with Crippen molar-refractivity contribution in [2.75, 3.05) is 5.32 Å². The Hall–Kier alpha value is -3.16. The van der Waals surface area contributed by atoms with E-state index in [9.17, 15) is 4.79 Å². The smallest absolute Gasteiger partial charge is 0.269 e. The summed E-state index contributed by atoms with van der Waals surface area (Å²) in [6.45, 7) is 1.99. The van der Waals surface area contributed by atoms with E-state index in [1.807, 2.05) is 31.3 Å². The van der Waals surface area contributed by atoms with Gasteiger partial charge in [-0.2, -0.15) is 5.10 Å². The summed E-state index contributed by atoms with van der Waals surface area (Å²) in [4.78, 5) is 21.0. The molecule has 1 aliphatic rings. The lowest BCUT2D eigenvalue weighted by Gasteiger charge is -2.12. The van der Waals surface area contributed by atoms with Crippen molar-refractivity contribution < 1.29 is 4.79 Å². The van der Waals surface area contributed by atoms with Gasteiger partial charge >= 0.3 is 0 Å². The Morgan fingerprint density at radius 2 is 2.15 bits per heavy atom. The Bertz CT molecular complexity index is 1060. The van der Waals surface area contributed by atoms with Crippen LogP contribution in [0.5, 0.6) is 0 Å². The van der Waals surface area contributed by atoms with Gasteiger partial charge in [0.05, 0.1) is 11.4 Å². The van der Waals surface area contributed by atoms with E-state index in [-0.39, 0.29) is 0 Å². The summed E-state index contributed by atoms with van der Waals surface area (Å²) in [7, 11) is 7.69. The number of nitrogens with zero attached hydrogens (tertiary/aromatic N) is 4. The average Bonchev–Trinajstić information content (AvgIpc) is 2.84. The maximum atomic E-state index is 11.8. The molecular formula is C19H19BN6O. The van der Waals surface area contributed by atoms with Gasteiger partial charge in [-0.3, -0.25) is 9.48 Å². The molecule has 134 valence electrons. The van der Waals surface area contributed by atoms with Gasteiger partial charge in [0.2, 0.25) is 5.95 Å². The number of benzene rings is 1. The quantitative estimate of drug-likeness (QED) is 0.688. The van der Waals surface area contributed by atoms with Gasteiger partial charge in [-0.25, -0.2) is 9.97 Å². The maximum Gasteiger partial charge on any atom is 0.269 e. The number of carbonyl (C=O) groups is 1. The highest BCUT2D eigenvalue weighted by Gasteiger charge is 2.26. The first kappa shape index (κ1) is 17.3. The Morgan fingerprint density at radius 3 is 2.93 bits per heavy atom. The van der Waals surface area contributed by atoms with E-state index in [4.69, 9.17) is 18.6 Å². The maximum absolute atomic E-state index is 11.8. The second kappa shape index (κ2) is 6.53. The lowest BCUT2D eigenvalue weighted by Crippen LogP contribution is -2.14. The lowest BCUT2D eigenvalue weighted by atomic mass is 9.94. The van der Waals surface area contributed by atoms with Crippen molar-refractivity contribution in [3.05, 3.63) is 46.8 Å². The van der Waals surface area contributed by atoms with Crippen LogP contribution in [0, 0.1) is 6.92 Å². The summed E-state index contributed by atoms with van der Waals surface area (Å²) in [5, 5.41) is 7.56. The lowest BCUT2D eigenvalue weighted by molar-refractivity contribution is 0.0994. The topological polar surface area (TPSA) is 98.7 Å². The van der Waals surface area contributed by atoms with Gasteiger partial charge in [0.25, 0.3) is 5.91 Å². The number of rotatable bonds is 3. The molecule has 0 bridgehead atoms. The SMILES string of the molecule is [B]c1ccc(C)c(Nc2ncc3c(n2)-c2c(c(C(N)=O)nn2C)CCC3)c1. The van der Waals surface area contributed by atoms with Crippen LogP contribution in [0.25, 0.3) is 11.4 Å². The molecule has 0 fully saturated rings. The van der Waals surface area contributed by atoms with Crippen LogP contribution in [0.4, 0.5) is 11.6 Å². The number of nitrogens with two attached hydrogens (primary N) is 1. The monoisotopic (exact) mass is 358 g/mol. The predicted octanol–water partition coefficient (Wildman–Crippen LogP) is 1.31. The summed E-state index contributed by atoms with van der Waals surface area (Å²) in [6.07, 6.45) is 4.28. The first-order valence-corrected chi connectivity index (χ1v) is 8.79. The fourth-order valence-corrected chi connectivity index (χ4v) is 3.50. The van der Waals surface area contributed by atoms with Crippen LogP contribution in [0.2, 0.25) is 0 Å². The van der Waals surface area contributed by atoms with Gasteiger partial charge in [0, 0.05) is 24.5 Å². The van der Waals surface area contributed by atoms with Crippen LogP contribution in [-0.2, 0) is 19.9 Å². The van der Waals surface area contributed by atoms with Crippen LogP contribution in [0.1, 0.15) is 33.6 Å². The molecule has 0 spiro atoms. The summed E-state index contributed by atoms with van der Waals surface area (Å²) in [6, 6.07) is 5.65. The number of anilines is 2. The van der Waals surface area contributed by atoms with Crippen molar-refractivity contribution in [1.29, 1.82) is 0 Å². The van der Waals surface area contributed by atoms with E-state index in [0.717, 1.165) is 53.0 Å². The Labute approximate surface area is 158 Å². The molecule has 1 aliphatic carbocycles. The fourth-order valence-electron chi connectivity index (χ4n) is 3.50. The van der Waals surface area contributed by atoms with E-state index in [0.29, 0.717) is 17.1 Å². The van der Waals surface area contributed by atoms with Gasteiger partial charge in [-0.15, -0.1) is 0 Å². The number of primary amides is 1. The Balaban J connectivity index is 1.81. The molecule has 0 aliphatic heterocycles. The second-order valence-electron chi connectivity index (χ2n) is 6.78. The van der Waals surface area contributed by atoms with Crippen molar-refractivity contribution in [2.24, 2.45) is 12.8 Å². The molecule has 8 heteroatoms. The first-order chi connectivity index (χ1) is 12.9. The van der Waals surface area contributed by atoms with E-state index >= 15 is 0 Å². The third-order valence-electron chi connectivity index (χ3n) is 4.85. The van der Waals surface area contributed by atoms with Crippen molar-refractivity contribution in [1.82, 2.24) is 19.7 Å². The number of carbonyl (C=O) groups excluding carboxylic acids is 1. The third kappa shape index (κ3) is 3.07. The molecule has 2 heterocycles. The molecule has 3 aromatic rings. The normalized spacial score (nSPS) is 12.8. The van der Waals surface area contributed by atoms with Crippen molar-refractivity contribution in [3.63, 3.8) is 0 Å². The Kier molecular flexibility index (Phi) is 4.18. The summed E-state index contributed by atoms with van der Waals surface area (Å²) >= 11 is 0. The molecule has 0 atom stereocenters. The number of nitrogens with one attached hydrogen (secondary N) is 1. The highest BCUT2D eigenvalue weighted by atomic mass is 16.1. The zero-order chi connectivity index (χ0) is 19.1. The fraction of sp³-hybridized carbons (Fsp3) is 0.263. The van der Waals surface area contributed by atoms with Crippen LogP contribution in [-0.4, -0.2) is 33.5 Å². The number of amides is 1. The van der Waals surface area contributed by atoms with Crippen molar-refractivity contribution >= 4 is 30.9 Å². The molecule has 0 saturated carbocycles. The molecule has 4 rings (SSSR count). The highest BCUT2D eigenvalue weighted by molar-refractivity contribution is 6.32. The zero-order valence-corrected chi connectivity index (χ0v) is 15.3. The molecule has 0 saturated heterocycles. The van der Waals surface area contributed by atoms with E-state index < -0.39 is 5.91 Å². The van der Waals surface area contributed by atoms with Gasteiger partial charge in [0.15, 0.2) is 5.69 Å². The number of hydrogen-bond donors (Lipinski definition) is 2. The molecule has 1 amide bonds. The van der Waals surface area contributed by atoms with E-state index in [1.165, 1.54) is 0 Å². The van der Waals surface area contributed by atoms with E-state index in [2.05, 4.69) is 15.4 Å². The van der Waals surface area contributed by atoms with Crippen LogP contribution in [0.3, 0.4) is 0 Å². The number of aromatic nitrogens is 4. The molecule has 1 aromatic carbocycles. The second-order valence-corrected chi connectivity index (χ2v) is 6.78. The number of hydrogen-bond acceptors (Lipinski definition) is 5. The molecule has 0 unspecified atom stereocenters. The van der Waals surface area contributed by atoms with Crippen LogP contribution >= 0.6 is 0 Å². The first-order valence-electron chi connectivity index (χ1n) is 8.79. The zero-order valence-electron chi connectivity index (χ0n) is 15.3. The van der Waals surface area contributed by atoms with Gasteiger partial charge < -0.3 is 11.1 Å². The molecule has 27 heavy (non-hydrogen) atoms.